The highest BCUT2D eigenvalue weighted by Gasteiger charge is 2.34. The van der Waals surface area contributed by atoms with Gasteiger partial charge in [-0.25, -0.2) is 8.42 Å². The van der Waals surface area contributed by atoms with Crippen LogP contribution in [-0.4, -0.2) is 56.6 Å². The maximum Gasteiger partial charge on any atom is 0.244 e. The molecule has 0 aliphatic heterocycles. The molecule has 42 heavy (non-hydrogen) atoms. The van der Waals surface area contributed by atoms with Gasteiger partial charge in [-0.3, -0.25) is 13.9 Å². The van der Waals surface area contributed by atoms with Crippen LogP contribution in [0.25, 0.3) is 0 Å². The maximum absolute atomic E-state index is 14.3. The third-order valence-corrected chi connectivity index (χ3v) is 7.89. The molecule has 0 unspecified atom stereocenters. The van der Waals surface area contributed by atoms with Gasteiger partial charge >= 0.3 is 0 Å². The average molecular weight is 594 g/mol. The van der Waals surface area contributed by atoms with Crippen LogP contribution in [0.5, 0.6) is 5.75 Å². The Labute approximate surface area is 250 Å². The van der Waals surface area contributed by atoms with Crippen molar-refractivity contribution in [1.29, 1.82) is 0 Å². The number of carbonyl (C=O) groups excluding carboxylic acids is 2. The first-order valence-electron chi connectivity index (χ1n) is 14.0. The number of para-hydroxylation sites is 1. The van der Waals surface area contributed by atoms with Crippen LogP contribution < -0.4 is 14.4 Å². The number of ether oxygens (including phenoxy) is 1. The Morgan fingerprint density at radius 2 is 1.52 bits per heavy atom. The Balaban J connectivity index is 2.13. The van der Waals surface area contributed by atoms with Gasteiger partial charge in [0.2, 0.25) is 21.8 Å². The number of hydrogen-bond donors (Lipinski definition) is 1. The number of hydrogen-bond acceptors (Lipinski definition) is 5. The molecule has 0 aliphatic carbocycles. The Bertz CT molecular complexity index is 1470. The number of anilines is 1. The molecule has 0 radical (unpaired) electrons. The molecule has 1 N–H and O–H groups in total. The molecule has 8 nitrogen and oxygen atoms in total. The fourth-order valence-electron chi connectivity index (χ4n) is 4.77. The summed E-state index contributed by atoms with van der Waals surface area (Å²) in [6, 6.07) is 23.0. The van der Waals surface area contributed by atoms with Crippen molar-refractivity contribution < 1.29 is 22.7 Å². The summed E-state index contributed by atoms with van der Waals surface area (Å²) < 4.78 is 32.8. The van der Waals surface area contributed by atoms with E-state index >= 15 is 0 Å². The first-order chi connectivity index (χ1) is 19.7. The summed E-state index contributed by atoms with van der Waals surface area (Å²) >= 11 is 0. The molecule has 0 fully saturated rings. The highest BCUT2D eigenvalue weighted by Crippen LogP contribution is 2.29. The minimum absolute atomic E-state index is 0.0248. The molecule has 226 valence electrons. The van der Waals surface area contributed by atoms with Gasteiger partial charge in [-0.05, 0) is 61.6 Å². The molecule has 0 aromatic heterocycles. The van der Waals surface area contributed by atoms with E-state index < -0.39 is 34.1 Å². The number of nitrogens with one attached hydrogen (secondary N) is 1. The van der Waals surface area contributed by atoms with Crippen molar-refractivity contribution in [1.82, 2.24) is 10.2 Å². The average Bonchev–Trinajstić information content (AvgIpc) is 2.92. The van der Waals surface area contributed by atoms with Gasteiger partial charge in [-0.1, -0.05) is 74.5 Å². The van der Waals surface area contributed by atoms with Gasteiger partial charge in [0.05, 0.1) is 19.1 Å². The number of benzene rings is 3. The van der Waals surface area contributed by atoms with E-state index in [9.17, 15) is 18.0 Å². The zero-order valence-electron chi connectivity index (χ0n) is 25.6. The summed E-state index contributed by atoms with van der Waals surface area (Å²) in [5.41, 5.74) is 2.33. The van der Waals surface area contributed by atoms with E-state index in [0.717, 1.165) is 27.3 Å². The predicted octanol–water partition coefficient (Wildman–Crippen LogP) is 5.14. The summed E-state index contributed by atoms with van der Waals surface area (Å²) in [6.07, 6.45) is 1.34. The highest BCUT2D eigenvalue weighted by molar-refractivity contribution is 7.92. The second-order valence-corrected chi connectivity index (χ2v) is 13.7. The Kier molecular flexibility index (Phi) is 10.8. The van der Waals surface area contributed by atoms with Crippen molar-refractivity contribution in [3.63, 3.8) is 0 Å². The third-order valence-electron chi connectivity index (χ3n) is 6.76. The van der Waals surface area contributed by atoms with Crippen LogP contribution in [0.15, 0.2) is 78.9 Å². The molecule has 0 saturated heterocycles. The Morgan fingerprint density at radius 3 is 2.12 bits per heavy atom. The molecular weight excluding hydrogens is 550 g/mol. The molecule has 0 spiro atoms. The van der Waals surface area contributed by atoms with E-state index in [4.69, 9.17) is 4.74 Å². The molecular formula is C33H43N3O5S. The summed E-state index contributed by atoms with van der Waals surface area (Å²) in [5, 5.41) is 3.03. The van der Waals surface area contributed by atoms with Gasteiger partial charge in [0, 0.05) is 18.5 Å². The SMILES string of the molecule is COc1cccc(CN(C(=O)CN(c2ccccc2C(C)C)S(C)(=O)=O)[C@@H](Cc2ccccc2)C(=O)NC(C)(C)C)c1. The van der Waals surface area contributed by atoms with Crippen LogP contribution in [0, 0.1) is 0 Å². The predicted molar refractivity (Wildman–Crippen MR) is 168 cm³/mol. The van der Waals surface area contributed by atoms with E-state index in [1.54, 1.807) is 25.3 Å². The lowest BCUT2D eigenvalue weighted by Crippen LogP contribution is -2.56. The topological polar surface area (TPSA) is 96.0 Å². The smallest absolute Gasteiger partial charge is 0.244 e. The molecule has 9 heteroatoms. The number of methoxy groups -OCH3 is 1. The van der Waals surface area contributed by atoms with Gasteiger partial charge < -0.3 is 15.0 Å². The summed E-state index contributed by atoms with van der Waals surface area (Å²) in [7, 11) is -2.29. The second-order valence-electron chi connectivity index (χ2n) is 11.8. The minimum atomic E-state index is -3.85. The standard InChI is InChI=1S/C33H43N3O5S/c1-24(2)28-18-11-12-19-29(28)36(42(7,39)40)23-31(37)35(22-26-16-13-17-27(20-26)41-6)30(32(38)34-33(3,4)5)21-25-14-9-8-10-15-25/h8-20,24,30H,21-23H2,1-7H3,(H,34,38)/t30-/m0/s1. The molecule has 3 rings (SSSR count). The van der Waals surface area contributed by atoms with Crippen LogP contribution in [0.4, 0.5) is 5.69 Å². The largest absolute Gasteiger partial charge is 0.497 e. The van der Waals surface area contributed by atoms with Gasteiger partial charge in [-0.15, -0.1) is 0 Å². The normalized spacial score (nSPS) is 12.5. The van der Waals surface area contributed by atoms with Gasteiger partial charge in [0.25, 0.3) is 0 Å². The van der Waals surface area contributed by atoms with Crippen LogP contribution in [0.2, 0.25) is 0 Å². The monoisotopic (exact) mass is 593 g/mol. The molecule has 2 amide bonds. The van der Waals surface area contributed by atoms with E-state index in [1.165, 1.54) is 4.90 Å². The van der Waals surface area contributed by atoms with Gasteiger partial charge in [0.1, 0.15) is 18.3 Å². The Morgan fingerprint density at radius 1 is 0.905 bits per heavy atom. The van der Waals surface area contributed by atoms with Crippen LogP contribution >= 0.6 is 0 Å². The summed E-state index contributed by atoms with van der Waals surface area (Å²) in [4.78, 5) is 29.7. The quantitative estimate of drug-likeness (QED) is 0.314. The molecule has 3 aromatic carbocycles. The molecule has 1 atom stereocenters. The zero-order chi connectivity index (χ0) is 31.1. The van der Waals surface area contributed by atoms with Crippen LogP contribution in [0.1, 0.15) is 57.2 Å². The lowest BCUT2D eigenvalue weighted by molar-refractivity contribution is -0.140. The molecule has 0 saturated carbocycles. The number of amides is 2. The molecule has 0 aliphatic rings. The minimum Gasteiger partial charge on any atom is -0.497 e. The second kappa shape index (κ2) is 13.9. The molecule has 0 bridgehead atoms. The lowest BCUT2D eigenvalue weighted by atomic mass is 10.00. The van der Waals surface area contributed by atoms with E-state index in [0.29, 0.717) is 11.4 Å². The first-order valence-corrected chi connectivity index (χ1v) is 15.9. The fraction of sp³-hybridized carbons (Fsp3) is 0.394. The number of carbonyl (C=O) groups is 2. The van der Waals surface area contributed by atoms with Crippen molar-refractivity contribution >= 4 is 27.5 Å². The fourth-order valence-corrected chi connectivity index (χ4v) is 5.64. The summed E-state index contributed by atoms with van der Waals surface area (Å²) in [5.74, 6) is -0.179. The van der Waals surface area contributed by atoms with Crippen molar-refractivity contribution in [2.45, 2.75) is 65.1 Å². The van der Waals surface area contributed by atoms with E-state index in [1.807, 2.05) is 95.3 Å². The maximum atomic E-state index is 14.3. The summed E-state index contributed by atoms with van der Waals surface area (Å²) in [6.45, 7) is 9.22. The molecule has 3 aromatic rings. The van der Waals surface area contributed by atoms with Gasteiger partial charge in [0.15, 0.2) is 0 Å². The first kappa shape index (κ1) is 32.7. The Hall–Kier alpha value is -3.85. The van der Waals surface area contributed by atoms with Crippen LogP contribution in [-0.2, 0) is 32.6 Å². The van der Waals surface area contributed by atoms with Crippen molar-refractivity contribution in [3.05, 3.63) is 95.6 Å². The van der Waals surface area contributed by atoms with Crippen LogP contribution in [0.3, 0.4) is 0 Å². The number of nitrogens with zero attached hydrogens (tertiary/aromatic N) is 2. The van der Waals surface area contributed by atoms with Crippen molar-refractivity contribution in [2.75, 3.05) is 24.2 Å². The highest BCUT2D eigenvalue weighted by atomic mass is 32.2. The van der Waals surface area contributed by atoms with Crippen molar-refractivity contribution in [3.8, 4) is 5.75 Å². The van der Waals surface area contributed by atoms with E-state index in [-0.39, 0.29) is 24.8 Å². The third kappa shape index (κ3) is 9.08. The number of sulfonamides is 1. The molecule has 0 heterocycles. The van der Waals surface area contributed by atoms with Gasteiger partial charge in [-0.2, -0.15) is 0 Å². The van der Waals surface area contributed by atoms with Crippen molar-refractivity contribution in [2.24, 2.45) is 0 Å². The number of rotatable bonds is 12. The van der Waals surface area contributed by atoms with E-state index in [2.05, 4.69) is 5.32 Å². The zero-order valence-corrected chi connectivity index (χ0v) is 26.4. The lowest BCUT2D eigenvalue weighted by Gasteiger charge is -2.35.